The molecule has 0 amide bonds. The number of halogens is 1. The zero-order chi connectivity index (χ0) is 11.7. The average molecular weight is 232 g/mol. The maximum atomic E-state index is 11.9. The Morgan fingerprint density at radius 2 is 2.00 bits per heavy atom. The van der Waals surface area contributed by atoms with E-state index < -0.39 is 11.4 Å². The zero-order valence-electron chi connectivity index (χ0n) is 8.26. The van der Waals surface area contributed by atoms with Crippen LogP contribution in [0.5, 0.6) is 0 Å². The molecule has 5 heteroatoms. The zero-order valence-corrected chi connectivity index (χ0v) is 9.08. The van der Waals surface area contributed by atoms with Crippen LogP contribution in [0.15, 0.2) is 30.3 Å². The molecule has 0 aromatic heterocycles. The normalized spacial score (nSPS) is 11.1. The molecular formula is C10H13FO3S. The first-order valence-electron chi connectivity index (χ1n) is 4.31. The summed E-state index contributed by atoms with van der Waals surface area (Å²) < 4.78 is 11.9. The third-order valence-electron chi connectivity index (χ3n) is 1.27. The van der Waals surface area contributed by atoms with Crippen LogP contribution in [0.1, 0.15) is 6.92 Å². The molecule has 0 radical (unpaired) electrons. The Labute approximate surface area is 91.9 Å². The summed E-state index contributed by atoms with van der Waals surface area (Å²) in [5, 5.41) is 16.5. The Morgan fingerprint density at radius 1 is 1.47 bits per heavy atom. The number of hydrogen-bond acceptors (Lipinski definition) is 3. The molecule has 0 bridgehead atoms. The minimum Gasteiger partial charge on any atom is -0.479 e. The molecule has 0 aliphatic carbocycles. The second kappa shape index (κ2) is 8.26. The molecule has 0 heterocycles. The van der Waals surface area contributed by atoms with Crippen molar-refractivity contribution in [3.05, 3.63) is 36.1 Å². The minimum atomic E-state index is -1.25. The SMILES string of the molecule is CCSC(O)C(=O)O.Fc1ccccc1. The first-order valence-corrected chi connectivity index (χ1v) is 5.35. The highest BCUT2D eigenvalue weighted by atomic mass is 32.2. The fourth-order valence-corrected chi connectivity index (χ4v) is 1.10. The van der Waals surface area contributed by atoms with Gasteiger partial charge in [-0.05, 0) is 17.9 Å². The summed E-state index contributed by atoms with van der Waals surface area (Å²) in [5.41, 5.74) is -1.25. The van der Waals surface area contributed by atoms with Crippen LogP contribution in [0.4, 0.5) is 4.39 Å². The van der Waals surface area contributed by atoms with Gasteiger partial charge in [-0.3, -0.25) is 0 Å². The van der Waals surface area contributed by atoms with Gasteiger partial charge in [0.25, 0.3) is 0 Å². The smallest absolute Gasteiger partial charge is 0.343 e. The summed E-state index contributed by atoms with van der Waals surface area (Å²) in [7, 11) is 0. The molecule has 84 valence electrons. The topological polar surface area (TPSA) is 57.5 Å². The molecule has 0 fully saturated rings. The van der Waals surface area contributed by atoms with Gasteiger partial charge in [-0.2, -0.15) is 0 Å². The molecule has 0 saturated carbocycles. The summed E-state index contributed by atoms with van der Waals surface area (Å²) in [4.78, 5) is 9.82. The number of thioether (sulfide) groups is 1. The number of aliphatic hydroxyl groups is 1. The van der Waals surface area contributed by atoms with E-state index in [-0.39, 0.29) is 5.82 Å². The highest BCUT2D eigenvalue weighted by Gasteiger charge is 2.10. The van der Waals surface area contributed by atoms with Crippen LogP contribution < -0.4 is 0 Å². The second-order valence-electron chi connectivity index (χ2n) is 2.44. The summed E-state index contributed by atoms with van der Waals surface area (Å²) >= 11 is 0.995. The van der Waals surface area contributed by atoms with Crippen molar-refractivity contribution < 1.29 is 19.4 Å². The summed E-state index contributed by atoms with van der Waals surface area (Å²) in [6.45, 7) is 1.79. The molecule has 1 rings (SSSR count). The molecule has 2 N–H and O–H groups in total. The van der Waals surface area contributed by atoms with E-state index in [0.717, 1.165) is 11.8 Å². The fourth-order valence-electron chi connectivity index (χ4n) is 0.644. The molecule has 1 aromatic rings. The van der Waals surface area contributed by atoms with Crippen molar-refractivity contribution in [3.8, 4) is 0 Å². The standard InChI is InChI=1S/C6H5F.C4H8O3S/c7-6-4-2-1-3-5-6;1-2-8-4(7)3(5)6/h1-5H;4,7H,2H2,1H3,(H,5,6). The van der Waals surface area contributed by atoms with Gasteiger partial charge in [0.05, 0.1) is 0 Å². The van der Waals surface area contributed by atoms with Crippen LogP contribution in [0.2, 0.25) is 0 Å². The number of benzene rings is 1. The lowest BCUT2D eigenvalue weighted by atomic mass is 10.4. The van der Waals surface area contributed by atoms with Crippen LogP contribution in [-0.4, -0.2) is 27.4 Å². The van der Waals surface area contributed by atoms with Gasteiger partial charge in [0.1, 0.15) is 5.82 Å². The number of carboxylic acid groups (broad SMARTS) is 1. The third-order valence-corrected chi connectivity index (χ3v) is 2.12. The van der Waals surface area contributed by atoms with Crippen molar-refractivity contribution in [2.24, 2.45) is 0 Å². The van der Waals surface area contributed by atoms with Crippen molar-refractivity contribution in [1.29, 1.82) is 0 Å². The van der Waals surface area contributed by atoms with Crippen LogP contribution in [-0.2, 0) is 4.79 Å². The number of carboxylic acids is 1. The van der Waals surface area contributed by atoms with Gasteiger partial charge in [0.2, 0.25) is 0 Å². The second-order valence-corrected chi connectivity index (χ2v) is 3.80. The Bertz CT molecular complexity index is 279. The first kappa shape index (κ1) is 13.9. The van der Waals surface area contributed by atoms with Crippen molar-refractivity contribution in [2.75, 3.05) is 5.75 Å². The van der Waals surface area contributed by atoms with E-state index in [1.807, 2.05) is 0 Å². The number of hydrogen-bond donors (Lipinski definition) is 2. The third kappa shape index (κ3) is 7.96. The Balaban J connectivity index is 0.000000262. The molecule has 1 atom stereocenters. The first-order chi connectivity index (χ1) is 7.07. The van der Waals surface area contributed by atoms with E-state index in [2.05, 4.69) is 0 Å². The predicted octanol–water partition coefficient (Wildman–Crippen LogP) is 1.97. The molecule has 3 nitrogen and oxygen atoms in total. The van der Waals surface area contributed by atoms with Gasteiger partial charge in [-0.15, -0.1) is 11.8 Å². The van der Waals surface area contributed by atoms with Crippen molar-refractivity contribution in [3.63, 3.8) is 0 Å². The van der Waals surface area contributed by atoms with Crippen molar-refractivity contribution in [1.82, 2.24) is 0 Å². The van der Waals surface area contributed by atoms with E-state index in [1.54, 1.807) is 25.1 Å². The van der Waals surface area contributed by atoms with Gasteiger partial charge in [0.15, 0.2) is 5.44 Å². The molecule has 0 saturated heterocycles. The lowest BCUT2D eigenvalue weighted by Gasteiger charge is -1.99. The summed E-state index contributed by atoms with van der Waals surface area (Å²) in [6, 6.07) is 7.94. The van der Waals surface area contributed by atoms with Gasteiger partial charge in [0, 0.05) is 0 Å². The van der Waals surface area contributed by atoms with Crippen LogP contribution in [0, 0.1) is 5.82 Å². The van der Waals surface area contributed by atoms with Gasteiger partial charge >= 0.3 is 5.97 Å². The number of rotatable bonds is 3. The predicted molar refractivity (Wildman–Crippen MR) is 58.2 cm³/mol. The molecule has 0 aliphatic rings. The van der Waals surface area contributed by atoms with Crippen molar-refractivity contribution in [2.45, 2.75) is 12.4 Å². The van der Waals surface area contributed by atoms with E-state index in [9.17, 15) is 9.18 Å². The molecule has 15 heavy (non-hydrogen) atoms. The van der Waals surface area contributed by atoms with E-state index >= 15 is 0 Å². The molecular weight excluding hydrogens is 219 g/mol. The molecule has 0 aliphatic heterocycles. The van der Waals surface area contributed by atoms with Crippen LogP contribution in [0.25, 0.3) is 0 Å². The largest absolute Gasteiger partial charge is 0.479 e. The highest BCUT2D eigenvalue weighted by Crippen LogP contribution is 2.05. The molecule has 1 unspecified atom stereocenters. The van der Waals surface area contributed by atoms with E-state index in [4.69, 9.17) is 10.2 Å². The maximum Gasteiger partial charge on any atom is 0.343 e. The molecule has 1 aromatic carbocycles. The summed E-state index contributed by atoms with van der Waals surface area (Å²) in [6.07, 6.45) is 0. The summed E-state index contributed by atoms with van der Waals surface area (Å²) in [5.74, 6) is -0.729. The minimum absolute atomic E-state index is 0.178. The van der Waals surface area contributed by atoms with Gasteiger partial charge < -0.3 is 10.2 Å². The number of carbonyl (C=O) groups is 1. The quantitative estimate of drug-likeness (QED) is 0.782. The van der Waals surface area contributed by atoms with Gasteiger partial charge in [-0.1, -0.05) is 25.1 Å². The number of aliphatic carboxylic acids is 1. The Morgan fingerprint density at radius 3 is 2.20 bits per heavy atom. The van der Waals surface area contributed by atoms with Crippen molar-refractivity contribution >= 4 is 17.7 Å². The monoisotopic (exact) mass is 232 g/mol. The van der Waals surface area contributed by atoms with E-state index in [1.165, 1.54) is 12.1 Å². The van der Waals surface area contributed by atoms with Gasteiger partial charge in [-0.25, -0.2) is 9.18 Å². The van der Waals surface area contributed by atoms with E-state index in [0.29, 0.717) is 5.75 Å². The average Bonchev–Trinajstić information content (AvgIpc) is 2.20. The lowest BCUT2D eigenvalue weighted by molar-refractivity contribution is -0.141. The maximum absolute atomic E-state index is 11.9. The van der Waals surface area contributed by atoms with Crippen LogP contribution >= 0.6 is 11.8 Å². The lowest BCUT2D eigenvalue weighted by Crippen LogP contribution is -2.14. The molecule has 0 spiro atoms. The Kier molecular flexibility index (Phi) is 7.67. The number of aliphatic hydroxyl groups excluding tert-OH is 1. The fraction of sp³-hybridized carbons (Fsp3) is 0.300. The highest BCUT2D eigenvalue weighted by molar-refractivity contribution is 8.00. The van der Waals surface area contributed by atoms with Crippen LogP contribution in [0.3, 0.4) is 0 Å². The Hall–Kier alpha value is -1.07.